The van der Waals surface area contributed by atoms with E-state index >= 15 is 0 Å². The molecule has 1 aromatic rings. The zero-order valence-electron chi connectivity index (χ0n) is 6.78. The van der Waals surface area contributed by atoms with E-state index in [2.05, 4.69) is 5.10 Å². The quantitative estimate of drug-likeness (QED) is 0.368. The van der Waals surface area contributed by atoms with Crippen molar-refractivity contribution in [3.05, 3.63) is 37.9 Å². The van der Waals surface area contributed by atoms with Crippen molar-refractivity contribution in [3.8, 4) is 0 Å². The van der Waals surface area contributed by atoms with Gasteiger partial charge in [0.15, 0.2) is 0 Å². The van der Waals surface area contributed by atoms with Gasteiger partial charge in [0.25, 0.3) is 5.69 Å². The van der Waals surface area contributed by atoms with E-state index < -0.39 is 4.92 Å². The first-order valence-electron chi connectivity index (χ1n) is 3.43. The maximum absolute atomic E-state index is 10.5. The van der Waals surface area contributed by atoms with E-state index in [1.807, 2.05) is 0 Å². The Bertz CT molecular complexity index is 406. The van der Waals surface area contributed by atoms with Crippen molar-refractivity contribution in [1.29, 1.82) is 0 Å². The van der Waals surface area contributed by atoms with E-state index in [1.165, 1.54) is 12.1 Å². The molecule has 14 heavy (non-hydrogen) atoms. The number of nitrogens with zero attached hydrogens (tertiary/aromatic N) is 2. The van der Waals surface area contributed by atoms with Gasteiger partial charge in [0.1, 0.15) is 5.02 Å². The highest BCUT2D eigenvalue weighted by molar-refractivity contribution is 6.40. The normalized spacial score (nSPS) is 10.7. The molecule has 0 atom stereocenters. The van der Waals surface area contributed by atoms with Crippen molar-refractivity contribution in [1.82, 2.24) is 0 Å². The van der Waals surface area contributed by atoms with Gasteiger partial charge in [0, 0.05) is 11.6 Å². The summed E-state index contributed by atoms with van der Waals surface area (Å²) < 4.78 is 0. The van der Waals surface area contributed by atoms with Crippen LogP contribution in [0.25, 0.3) is 0 Å². The molecule has 0 saturated heterocycles. The van der Waals surface area contributed by atoms with Crippen LogP contribution in [0.4, 0.5) is 5.69 Å². The van der Waals surface area contributed by atoms with Crippen LogP contribution in [0.5, 0.6) is 0 Å². The number of nitro benzene ring substituents is 1. The summed E-state index contributed by atoms with van der Waals surface area (Å²) >= 11 is 11.4. The minimum Gasteiger partial charge on any atom is -0.323 e. The minimum atomic E-state index is -0.605. The topological polar surface area (TPSA) is 81.5 Å². The molecule has 0 unspecified atom stereocenters. The van der Waals surface area contributed by atoms with Gasteiger partial charge in [-0.1, -0.05) is 23.2 Å². The number of nitro groups is 1. The van der Waals surface area contributed by atoms with Gasteiger partial charge in [-0.3, -0.25) is 10.1 Å². The summed E-state index contributed by atoms with van der Waals surface area (Å²) in [7, 11) is 0. The summed E-state index contributed by atoms with van der Waals surface area (Å²) in [4.78, 5) is 9.89. The van der Waals surface area contributed by atoms with Crippen LogP contribution < -0.4 is 5.84 Å². The number of hydrazone groups is 1. The highest BCUT2D eigenvalue weighted by Crippen LogP contribution is 2.31. The molecule has 0 heterocycles. The fraction of sp³-hybridized carbons (Fsp3) is 0. The molecular formula is C7H5Cl2N3O2. The maximum Gasteiger partial charge on any atom is 0.288 e. The second-order valence-electron chi connectivity index (χ2n) is 2.33. The molecule has 74 valence electrons. The van der Waals surface area contributed by atoms with Crippen LogP contribution in [0.3, 0.4) is 0 Å². The molecule has 2 N–H and O–H groups in total. The summed E-state index contributed by atoms with van der Waals surface area (Å²) in [6.07, 6.45) is 1.16. The van der Waals surface area contributed by atoms with Gasteiger partial charge >= 0.3 is 0 Å². The van der Waals surface area contributed by atoms with Crippen LogP contribution >= 0.6 is 23.2 Å². The summed E-state index contributed by atoms with van der Waals surface area (Å²) in [6.45, 7) is 0. The molecule has 0 fully saturated rings. The summed E-state index contributed by atoms with van der Waals surface area (Å²) in [6, 6.07) is 2.58. The SMILES string of the molecule is NN=Cc1c(Cl)ccc([N+](=O)[O-])c1Cl. The summed E-state index contributed by atoms with van der Waals surface area (Å²) in [5.41, 5.74) is 0.0102. The Morgan fingerprint density at radius 1 is 1.50 bits per heavy atom. The van der Waals surface area contributed by atoms with E-state index in [4.69, 9.17) is 29.0 Å². The second-order valence-corrected chi connectivity index (χ2v) is 3.11. The Morgan fingerprint density at radius 3 is 2.64 bits per heavy atom. The van der Waals surface area contributed by atoms with Gasteiger partial charge < -0.3 is 5.84 Å². The van der Waals surface area contributed by atoms with E-state index in [0.29, 0.717) is 0 Å². The van der Waals surface area contributed by atoms with E-state index in [0.717, 1.165) is 6.21 Å². The molecule has 0 aliphatic heterocycles. The number of benzene rings is 1. The monoisotopic (exact) mass is 233 g/mol. The first kappa shape index (κ1) is 10.7. The minimum absolute atomic E-state index is 0.0725. The Kier molecular flexibility index (Phi) is 3.27. The van der Waals surface area contributed by atoms with Crippen LogP contribution in [-0.2, 0) is 0 Å². The van der Waals surface area contributed by atoms with E-state index in [-0.39, 0.29) is 21.3 Å². The predicted molar refractivity (Wildman–Crippen MR) is 54.9 cm³/mol. The molecule has 0 spiro atoms. The lowest BCUT2D eigenvalue weighted by Crippen LogP contribution is -1.95. The van der Waals surface area contributed by atoms with Crippen LogP contribution in [0.15, 0.2) is 17.2 Å². The number of nitrogens with two attached hydrogens (primary N) is 1. The Hall–Kier alpha value is -1.33. The maximum atomic E-state index is 10.5. The van der Waals surface area contributed by atoms with Gasteiger partial charge in [-0.25, -0.2) is 0 Å². The molecule has 0 aliphatic carbocycles. The van der Waals surface area contributed by atoms with Gasteiger partial charge in [0.2, 0.25) is 0 Å². The van der Waals surface area contributed by atoms with Crippen molar-refractivity contribution in [2.24, 2.45) is 10.9 Å². The van der Waals surface area contributed by atoms with Gasteiger partial charge in [-0.2, -0.15) is 5.10 Å². The van der Waals surface area contributed by atoms with Crippen molar-refractivity contribution < 1.29 is 4.92 Å². The molecule has 0 amide bonds. The third-order valence-electron chi connectivity index (χ3n) is 1.51. The number of rotatable bonds is 2. The van der Waals surface area contributed by atoms with Crippen LogP contribution in [-0.4, -0.2) is 11.1 Å². The number of hydrogen-bond donors (Lipinski definition) is 1. The molecule has 0 saturated carbocycles. The van der Waals surface area contributed by atoms with Crippen LogP contribution in [0.2, 0.25) is 10.0 Å². The molecule has 0 aromatic heterocycles. The third-order valence-corrected chi connectivity index (χ3v) is 2.23. The molecule has 5 nitrogen and oxygen atoms in total. The van der Waals surface area contributed by atoms with Gasteiger partial charge in [0.05, 0.1) is 16.2 Å². The Balaban J connectivity index is 3.40. The van der Waals surface area contributed by atoms with Crippen molar-refractivity contribution >= 4 is 35.1 Å². The molecule has 0 aliphatic rings. The highest BCUT2D eigenvalue weighted by Gasteiger charge is 2.17. The average Bonchev–Trinajstić information content (AvgIpc) is 2.11. The number of hydrogen-bond acceptors (Lipinski definition) is 4. The standard InChI is InChI=1S/C7H5Cl2N3O2/c8-5-1-2-6(12(13)14)7(9)4(5)3-11-10/h1-3H,10H2. The summed E-state index contributed by atoms with van der Waals surface area (Å²) in [5.74, 6) is 4.91. The summed E-state index contributed by atoms with van der Waals surface area (Å²) in [5, 5.41) is 13.9. The fourth-order valence-electron chi connectivity index (χ4n) is 0.892. The average molecular weight is 234 g/mol. The van der Waals surface area contributed by atoms with Crippen LogP contribution in [0, 0.1) is 10.1 Å². The van der Waals surface area contributed by atoms with E-state index in [1.54, 1.807) is 0 Å². The molecule has 0 bridgehead atoms. The second kappa shape index (κ2) is 4.26. The highest BCUT2D eigenvalue weighted by atomic mass is 35.5. The lowest BCUT2D eigenvalue weighted by atomic mass is 10.2. The molecule has 0 radical (unpaired) electrons. The molecule has 1 aromatic carbocycles. The zero-order chi connectivity index (χ0) is 10.7. The molecular weight excluding hydrogens is 229 g/mol. The lowest BCUT2D eigenvalue weighted by molar-refractivity contribution is -0.384. The fourth-order valence-corrected chi connectivity index (χ4v) is 1.43. The first-order valence-corrected chi connectivity index (χ1v) is 4.19. The molecule has 7 heteroatoms. The van der Waals surface area contributed by atoms with Crippen LogP contribution in [0.1, 0.15) is 5.56 Å². The van der Waals surface area contributed by atoms with Gasteiger partial charge in [-0.05, 0) is 6.07 Å². The zero-order valence-corrected chi connectivity index (χ0v) is 8.29. The Morgan fingerprint density at radius 2 is 2.14 bits per heavy atom. The van der Waals surface area contributed by atoms with E-state index in [9.17, 15) is 10.1 Å². The lowest BCUT2D eigenvalue weighted by Gasteiger charge is -2.01. The first-order chi connectivity index (χ1) is 6.57. The van der Waals surface area contributed by atoms with Crippen molar-refractivity contribution in [3.63, 3.8) is 0 Å². The number of halogens is 2. The predicted octanol–water partition coefficient (Wildman–Crippen LogP) is 2.19. The largest absolute Gasteiger partial charge is 0.323 e. The van der Waals surface area contributed by atoms with Gasteiger partial charge in [-0.15, -0.1) is 0 Å². The Labute approximate surface area is 89.3 Å². The smallest absolute Gasteiger partial charge is 0.288 e. The van der Waals surface area contributed by atoms with Crippen molar-refractivity contribution in [2.75, 3.05) is 0 Å². The molecule has 1 rings (SSSR count). The van der Waals surface area contributed by atoms with Crippen molar-refractivity contribution in [2.45, 2.75) is 0 Å². The third kappa shape index (κ3) is 1.94.